The highest BCUT2D eigenvalue weighted by atomic mass is 16.5. The highest BCUT2D eigenvalue weighted by Crippen LogP contribution is 2.32. The van der Waals surface area contributed by atoms with E-state index in [4.69, 9.17) is 9.84 Å². The van der Waals surface area contributed by atoms with Crippen molar-refractivity contribution >= 4 is 17.6 Å². The molecule has 0 saturated carbocycles. The third-order valence-electron chi connectivity index (χ3n) is 4.21. The molecule has 1 amide bonds. The summed E-state index contributed by atoms with van der Waals surface area (Å²) in [5.41, 5.74) is 5.79. The molecule has 6 nitrogen and oxygen atoms in total. The predicted octanol–water partition coefficient (Wildman–Crippen LogP) is 2.99. The van der Waals surface area contributed by atoms with Gasteiger partial charge in [0.2, 0.25) is 5.91 Å². The van der Waals surface area contributed by atoms with Gasteiger partial charge >= 0.3 is 5.97 Å². The lowest BCUT2D eigenvalue weighted by atomic mass is 10.0. The number of methoxy groups -OCH3 is 1. The lowest BCUT2D eigenvalue weighted by Gasteiger charge is -2.25. The van der Waals surface area contributed by atoms with E-state index in [1.165, 1.54) is 5.01 Å². The third-order valence-corrected chi connectivity index (χ3v) is 4.21. The molecular formula is C20H20N2O4. The van der Waals surface area contributed by atoms with Crippen molar-refractivity contribution in [1.82, 2.24) is 10.4 Å². The maximum atomic E-state index is 12.6. The molecule has 0 aliphatic carbocycles. The maximum Gasteiger partial charge on any atom is 0.303 e. The fourth-order valence-electron chi connectivity index (χ4n) is 2.85. The van der Waals surface area contributed by atoms with E-state index in [9.17, 15) is 9.59 Å². The normalized spacial score (nSPS) is 16.0. The number of amides is 1. The number of rotatable bonds is 6. The van der Waals surface area contributed by atoms with Crippen molar-refractivity contribution in [2.45, 2.75) is 18.9 Å². The first-order valence-corrected chi connectivity index (χ1v) is 8.30. The van der Waals surface area contributed by atoms with Crippen LogP contribution >= 0.6 is 0 Å². The summed E-state index contributed by atoms with van der Waals surface area (Å²) in [5.74, 6) is -0.500. The average molecular weight is 352 g/mol. The fraction of sp³-hybridized carbons (Fsp3) is 0.200. The van der Waals surface area contributed by atoms with E-state index in [0.29, 0.717) is 0 Å². The Morgan fingerprint density at radius 3 is 2.38 bits per heavy atom. The van der Waals surface area contributed by atoms with Gasteiger partial charge in [0, 0.05) is 6.42 Å². The van der Waals surface area contributed by atoms with Crippen LogP contribution < -0.4 is 10.2 Å². The summed E-state index contributed by atoms with van der Waals surface area (Å²) in [6.45, 7) is 0. The van der Waals surface area contributed by atoms with E-state index >= 15 is 0 Å². The number of hydrazine groups is 1. The second-order valence-corrected chi connectivity index (χ2v) is 5.93. The zero-order valence-corrected chi connectivity index (χ0v) is 14.4. The van der Waals surface area contributed by atoms with E-state index in [1.54, 1.807) is 7.11 Å². The Hall–Kier alpha value is -3.28. The number of carbonyl (C=O) groups excluding carboxylic acids is 1. The first-order chi connectivity index (χ1) is 12.6. The zero-order valence-electron chi connectivity index (χ0n) is 14.4. The van der Waals surface area contributed by atoms with Gasteiger partial charge in [-0.3, -0.25) is 15.0 Å². The van der Waals surface area contributed by atoms with Crippen molar-refractivity contribution in [1.29, 1.82) is 0 Å². The molecule has 2 aromatic carbocycles. The Morgan fingerprint density at radius 2 is 1.77 bits per heavy atom. The van der Waals surface area contributed by atoms with E-state index in [2.05, 4.69) is 5.43 Å². The van der Waals surface area contributed by atoms with E-state index < -0.39 is 5.97 Å². The first kappa shape index (κ1) is 17.5. The monoisotopic (exact) mass is 352 g/mol. The van der Waals surface area contributed by atoms with Gasteiger partial charge in [0.05, 0.1) is 25.3 Å². The second kappa shape index (κ2) is 7.74. The number of benzene rings is 2. The van der Waals surface area contributed by atoms with Crippen LogP contribution in [-0.4, -0.2) is 29.1 Å². The minimum Gasteiger partial charge on any atom is -0.497 e. The molecule has 0 fully saturated rings. The average Bonchev–Trinajstić information content (AvgIpc) is 3.12. The number of aliphatic carboxylic acids is 1. The van der Waals surface area contributed by atoms with Gasteiger partial charge in [0.25, 0.3) is 0 Å². The molecule has 0 aromatic heterocycles. The number of carboxylic acids is 1. The van der Waals surface area contributed by atoms with Crippen LogP contribution in [0.4, 0.5) is 0 Å². The summed E-state index contributed by atoms with van der Waals surface area (Å²) in [6.07, 6.45) is 1.71. The Kier molecular flexibility index (Phi) is 5.22. The van der Waals surface area contributed by atoms with Gasteiger partial charge in [0.1, 0.15) is 5.75 Å². The molecule has 0 bridgehead atoms. The summed E-state index contributed by atoms with van der Waals surface area (Å²) in [6, 6.07) is 16.8. The van der Waals surface area contributed by atoms with Crippen molar-refractivity contribution in [2.75, 3.05) is 7.11 Å². The lowest BCUT2D eigenvalue weighted by molar-refractivity contribution is -0.142. The third kappa shape index (κ3) is 3.85. The molecule has 1 unspecified atom stereocenters. The number of hydrogen-bond donors (Lipinski definition) is 2. The summed E-state index contributed by atoms with van der Waals surface area (Å²) in [7, 11) is 1.61. The Morgan fingerprint density at radius 1 is 1.08 bits per heavy atom. The van der Waals surface area contributed by atoms with E-state index in [1.807, 2.05) is 60.7 Å². The molecule has 3 rings (SSSR count). The van der Waals surface area contributed by atoms with Crippen LogP contribution in [-0.2, 0) is 9.59 Å². The SMILES string of the molecule is COc1ccc(C2=CC(c3ccccc3)N(C(=O)CCC(=O)O)N2)cc1. The molecular weight excluding hydrogens is 332 g/mol. The molecule has 0 radical (unpaired) electrons. The molecule has 2 aromatic rings. The smallest absolute Gasteiger partial charge is 0.303 e. The molecule has 1 heterocycles. The van der Waals surface area contributed by atoms with E-state index in [-0.39, 0.29) is 24.8 Å². The van der Waals surface area contributed by atoms with Crippen LogP contribution in [0.2, 0.25) is 0 Å². The number of hydrogen-bond acceptors (Lipinski definition) is 4. The number of ether oxygens (including phenoxy) is 1. The summed E-state index contributed by atoms with van der Waals surface area (Å²) < 4.78 is 5.18. The van der Waals surface area contributed by atoms with Gasteiger partial charge in [0.15, 0.2) is 0 Å². The molecule has 6 heteroatoms. The van der Waals surface area contributed by atoms with Gasteiger partial charge in [-0.1, -0.05) is 30.3 Å². The van der Waals surface area contributed by atoms with Gasteiger partial charge in [-0.15, -0.1) is 0 Å². The van der Waals surface area contributed by atoms with Crippen molar-refractivity contribution < 1.29 is 19.4 Å². The number of nitrogens with one attached hydrogen (secondary N) is 1. The zero-order chi connectivity index (χ0) is 18.5. The summed E-state index contributed by atoms with van der Waals surface area (Å²) in [5, 5.41) is 10.3. The Balaban J connectivity index is 1.87. The molecule has 0 spiro atoms. The van der Waals surface area contributed by atoms with Crippen LogP contribution in [0.1, 0.15) is 30.0 Å². The molecule has 0 saturated heterocycles. The van der Waals surface area contributed by atoms with Crippen molar-refractivity contribution in [3.05, 3.63) is 71.8 Å². The molecule has 134 valence electrons. The first-order valence-electron chi connectivity index (χ1n) is 8.30. The topological polar surface area (TPSA) is 78.9 Å². The standard InChI is InChI=1S/C20H20N2O4/c1-26-16-9-7-14(8-10-16)17-13-18(15-5-3-2-4-6-15)22(21-17)19(23)11-12-20(24)25/h2-10,13,18,21H,11-12H2,1H3,(H,24,25). The lowest BCUT2D eigenvalue weighted by Crippen LogP contribution is -2.39. The minimum absolute atomic E-state index is 0.0601. The number of nitrogens with zero attached hydrogens (tertiary/aromatic N) is 1. The highest BCUT2D eigenvalue weighted by Gasteiger charge is 2.30. The van der Waals surface area contributed by atoms with Gasteiger partial charge in [-0.25, -0.2) is 5.01 Å². The van der Waals surface area contributed by atoms with Gasteiger partial charge < -0.3 is 9.84 Å². The molecule has 26 heavy (non-hydrogen) atoms. The largest absolute Gasteiger partial charge is 0.497 e. The summed E-state index contributed by atoms with van der Waals surface area (Å²) in [4.78, 5) is 23.4. The van der Waals surface area contributed by atoms with Gasteiger partial charge in [-0.2, -0.15) is 0 Å². The minimum atomic E-state index is -0.989. The number of carbonyl (C=O) groups is 2. The second-order valence-electron chi connectivity index (χ2n) is 5.93. The van der Waals surface area contributed by atoms with E-state index in [0.717, 1.165) is 22.6 Å². The molecule has 1 aliphatic rings. The molecule has 2 N–H and O–H groups in total. The van der Waals surface area contributed by atoms with Crippen LogP contribution in [0.3, 0.4) is 0 Å². The quantitative estimate of drug-likeness (QED) is 0.836. The van der Waals surface area contributed by atoms with Crippen LogP contribution in [0.5, 0.6) is 5.75 Å². The maximum absolute atomic E-state index is 12.6. The van der Waals surface area contributed by atoms with Crippen LogP contribution in [0.15, 0.2) is 60.7 Å². The summed E-state index contributed by atoms with van der Waals surface area (Å²) >= 11 is 0. The Labute approximate surface area is 151 Å². The number of carboxylic acid groups (broad SMARTS) is 1. The van der Waals surface area contributed by atoms with Gasteiger partial charge in [-0.05, 0) is 41.5 Å². The van der Waals surface area contributed by atoms with Crippen LogP contribution in [0.25, 0.3) is 5.70 Å². The molecule has 1 atom stereocenters. The van der Waals surface area contributed by atoms with Crippen LogP contribution in [0, 0.1) is 0 Å². The van der Waals surface area contributed by atoms with Crippen molar-refractivity contribution in [3.63, 3.8) is 0 Å². The van der Waals surface area contributed by atoms with Crippen molar-refractivity contribution in [2.24, 2.45) is 0 Å². The fourth-order valence-corrected chi connectivity index (χ4v) is 2.85. The highest BCUT2D eigenvalue weighted by molar-refractivity contribution is 5.83. The Bertz CT molecular complexity index is 815. The molecule has 1 aliphatic heterocycles. The van der Waals surface area contributed by atoms with Crippen molar-refractivity contribution in [3.8, 4) is 5.75 Å². The predicted molar refractivity (Wildman–Crippen MR) is 97.0 cm³/mol.